The Hall–Kier alpha value is -0.380. The van der Waals surface area contributed by atoms with Crippen molar-refractivity contribution in [3.05, 3.63) is 17.9 Å². The van der Waals surface area contributed by atoms with E-state index in [1.165, 1.54) is 0 Å². The molecule has 0 aliphatic carbocycles. The number of hydrogen-bond acceptors (Lipinski definition) is 2. The van der Waals surface area contributed by atoms with Gasteiger partial charge >= 0.3 is 0 Å². The second-order valence-electron chi connectivity index (χ2n) is 5.19. The molecule has 0 radical (unpaired) electrons. The van der Waals surface area contributed by atoms with Gasteiger partial charge < -0.3 is 15.0 Å². The van der Waals surface area contributed by atoms with Gasteiger partial charge in [-0.05, 0) is 27.7 Å². The van der Waals surface area contributed by atoms with Gasteiger partial charge in [-0.2, -0.15) is 0 Å². The molecule has 3 nitrogen and oxygen atoms in total. The first-order chi connectivity index (χ1) is 6.28. The Labute approximate surface area is 86.3 Å². The lowest BCUT2D eigenvalue weighted by Crippen LogP contribution is -3.17. The van der Waals surface area contributed by atoms with Crippen molar-refractivity contribution in [3.8, 4) is 0 Å². The van der Waals surface area contributed by atoms with Crippen LogP contribution in [-0.2, 0) is 4.74 Å². The third-order valence-corrected chi connectivity index (χ3v) is 2.77. The topological polar surface area (TPSA) is 36.7 Å². The highest BCUT2D eigenvalue weighted by atomic mass is 16.6. The van der Waals surface area contributed by atoms with E-state index in [1.54, 1.807) is 6.08 Å². The summed E-state index contributed by atoms with van der Waals surface area (Å²) in [6, 6.07) is -0.0342. The number of morpholine rings is 1. The molecule has 0 aromatic carbocycles. The van der Waals surface area contributed by atoms with Gasteiger partial charge in [0.05, 0.1) is 0 Å². The predicted molar refractivity (Wildman–Crippen MR) is 57.0 cm³/mol. The van der Waals surface area contributed by atoms with E-state index in [1.807, 2.05) is 27.7 Å². The zero-order valence-electron chi connectivity index (χ0n) is 9.59. The Bertz CT molecular complexity index is 223. The van der Waals surface area contributed by atoms with Crippen LogP contribution in [-0.4, -0.2) is 23.8 Å². The standard InChI is InChI=1S/C11H21NO2/c1-6-7-9-11(4,5)14-10(2,3)8-12(9)13/h6,9,12H,1,7-8H2,2-5H3. The maximum absolute atomic E-state index is 11.9. The molecule has 1 saturated heterocycles. The van der Waals surface area contributed by atoms with Crippen molar-refractivity contribution in [1.82, 2.24) is 0 Å². The number of rotatable bonds is 2. The molecule has 0 amide bonds. The molecule has 0 spiro atoms. The first-order valence-corrected chi connectivity index (χ1v) is 5.12. The number of hydroxylamine groups is 2. The van der Waals surface area contributed by atoms with Crippen LogP contribution in [0.25, 0.3) is 0 Å². The summed E-state index contributed by atoms with van der Waals surface area (Å²) in [5.74, 6) is 0. The van der Waals surface area contributed by atoms with Crippen molar-refractivity contribution in [2.24, 2.45) is 0 Å². The van der Waals surface area contributed by atoms with Crippen molar-refractivity contribution in [2.75, 3.05) is 6.54 Å². The molecule has 1 fully saturated rings. The molecule has 1 aliphatic rings. The fourth-order valence-electron chi connectivity index (χ4n) is 2.33. The van der Waals surface area contributed by atoms with Gasteiger partial charge in [0.1, 0.15) is 23.8 Å². The van der Waals surface area contributed by atoms with Crippen molar-refractivity contribution < 1.29 is 9.80 Å². The van der Waals surface area contributed by atoms with Crippen molar-refractivity contribution in [1.29, 1.82) is 0 Å². The molecule has 0 bridgehead atoms. The van der Waals surface area contributed by atoms with Crippen molar-refractivity contribution in [2.45, 2.75) is 51.4 Å². The van der Waals surface area contributed by atoms with Gasteiger partial charge in [0, 0.05) is 6.42 Å². The van der Waals surface area contributed by atoms with Gasteiger partial charge in [-0.15, -0.1) is 6.58 Å². The Morgan fingerprint density at radius 2 is 2.07 bits per heavy atom. The molecule has 82 valence electrons. The number of quaternary nitrogens is 1. The monoisotopic (exact) mass is 199 g/mol. The normalized spacial score (nSPS) is 35.2. The van der Waals surface area contributed by atoms with Crippen LogP contribution in [0.2, 0.25) is 0 Å². The SMILES string of the molecule is C=CCC1[NH+]([O-])CC(C)(C)OC1(C)C. The minimum absolute atomic E-state index is 0.0342. The fourth-order valence-corrected chi connectivity index (χ4v) is 2.33. The van der Waals surface area contributed by atoms with Gasteiger partial charge in [-0.25, -0.2) is 0 Å². The summed E-state index contributed by atoms with van der Waals surface area (Å²) in [6.07, 6.45) is 2.51. The van der Waals surface area contributed by atoms with Gasteiger partial charge in [-0.1, -0.05) is 6.08 Å². The largest absolute Gasteiger partial charge is 0.634 e. The third-order valence-electron chi connectivity index (χ3n) is 2.77. The molecule has 3 heteroatoms. The van der Waals surface area contributed by atoms with E-state index in [4.69, 9.17) is 4.74 Å². The van der Waals surface area contributed by atoms with Crippen LogP contribution in [0.5, 0.6) is 0 Å². The van der Waals surface area contributed by atoms with Gasteiger partial charge in [0.15, 0.2) is 0 Å². The second kappa shape index (κ2) is 3.65. The first kappa shape index (κ1) is 11.7. The van der Waals surface area contributed by atoms with Crippen molar-refractivity contribution in [3.63, 3.8) is 0 Å². The lowest BCUT2D eigenvalue weighted by Gasteiger charge is -2.51. The Morgan fingerprint density at radius 3 is 2.50 bits per heavy atom. The van der Waals surface area contributed by atoms with Crippen molar-refractivity contribution >= 4 is 0 Å². The van der Waals surface area contributed by atoms with E-state index >= 15 is 0 Å². The second-order valence-corrected chi connectivity index (χ2v) is 5.19. The molecule has 1 heterocycles. The molecular formula is C11H21NO2. The smallest absolute Gasteiger partial charge is 0.120 e. The van der Waals surface area contributed by atoms with Gasteiger partial charge in [0.25, 0.3) is 0 Å². The molecule has 0 saturated carbocycles. The molecular weight excluding hydrogens is 178 g/mol. The molecule has 2 unspecified atom stereocenters. The minimum Gasteiger partial charge on any atom is -0.634 e. The van der Waals surface area contributed by atoms with E-state index in [-0.39, 0.29) is 17.2 Å². The summed E-state index contributed by atoms with van der Waals surface area (Å²) in [5, 5.41) is 12.2. The average Bonchev–Trinajstić information content (AvgIpc) is 1.93. The lowest BCUT2D eigenvalue weighted by molar-refractivity contribution is -0.903. The highest BCUT2D eigenvalue weighted by molar-refractivity contribution is 4.91. The molecule has 1 aliphatic heterocycles. The summed E-state index contributed by atoms with van der Waals surface area (Å²) < 4.78 is 5.93. The molecule has 0 aromatic rings. The zero-order chi connectivity index (χ0) is 11.0. The Kier molecular flexibility index (Phi) is 3.04. The Morgan fingerprint density at radius 1 is 1.50 bits per heavy atom. The lowest BCUT2D eigenvalue weighted by atomic mass is 9.90. The van der Waals surface area contributed by atoms with Gasteiger partial charge in [-0.3, -0.25) is 0 Å². The molecule has 0 aromatic heterocycles. The van der Waals surface area contributed by atoms with Crippen LogP contribution >= 0.6 is 0 Å². The Balaban J connectivity index is 2.83. The number of nitrogens with one attached hydrogen (secondary N) is 1. The van der Waals surface area contributed by atoms with E-state index in [2.05, 4.69) is 6.58 Å². The highest BCUT2D eigenvalue weighted by Crippen LogP contribution is 2.26. The molecule has 2 atom stereocenters. The summed E-state index contributed by atoms with van der Waals surface area (Å²) >= 11 is 0. The fraction of sp³-hybridized carbons (Fsp3) is 0.818. The summed E-state index contributed by atoms with van der Waals surface area (Å²) in [6.45, 7) is 12.1. The first-order valence-electron chi connectivity index (χ1n) is 5.12. The van der Waals surface area contributed by atoms with E-state index in [0.29, 0.717) is 18.0 Å². The molecule has 1 rings (SSSR count). The third kappa shape index (κ3) is 2.35. The predicted octanol–water partition coefficient (Wildman–Crippen LogP) is 0.901. The van der Waals surface area contributed by atoms with E-state index in [9.17, 15) is 5.21 Å². The minimum atomic E-state index is -0.368. The van der Waals surface area contributed by atoms with Crippen LogP contribution in [0.1, 0.15) is 34.1 Å². The maximum Gasteiger partial charge on any atom is 0.120 e. The van der Waals surface area contributed by atoms with Crippen LogP contribution in [0.3, 0.4) is 0 Å². The van der Waals surface area contributed by atoms with Gasteiger partial charge in [0.2, 0.25) is 0 Å². The van der Waals surface area contributed by atoms with E-state index < -0.39 is 0 Å². The summed E-state index contributed by atoms with van der Waals surface area (Å²) in [7, 11) is 0. The number of hydrogen-bond donors (Lipinski definition) is 1. The van der Waals surface area contributed by atoms with Crippen LogP contribution in [0.15, 0.2) is 12.7 Å². The quantitative estimate of drug-likeness (QED) is 0.530. The van der Waals surface area contributed by atoms with E-state index in [0.717, 1.165) is 0 Å². The van der Waals surface area contributed by atoms with Crippen LogP contribution in [0.4, 0.5) is 0 Å². The van der Waals surface area contributed by atoms with Crippen LogP contribution in [0, 0.1) is 5.21 Å². The average molecular weight is 199 g/mol. The summed E-state index contributed by atoms with van der Waals surface area (Å²) in [4.78, 5) is 0. The maximum atomic E-state index is 11.9. The van der Waals surface area contributed by atoms with Crippen LogP contribution < -0.4 is 5.06 Å². The zero-order valence-corrected chi connectivity index (χ0v) is 9.59. The molecule has 1 N–H and O–H groups in total. The molecule has 14 heavy (non-hydrogen) atoms. The summed E-state index contributed by atoms with van der Waals surface area (Å²) in [5.41, 5.74) is -0.689. The highest BCUT2D eigenvalue weighted by Gasteiger charge is 2.45. The number of ether oxygens (including phenoxy) is 1.